The van der Waals surface area contributed by atoms with Crippen LogP contribution in [0, 0.1) is 5.82 Å². The summed E-state index contributed by atoms with van der Waals surface area (Å²) in [5.74, 6) is 0.857. The zero-order valence-electron chi connectivity index (χ0n) is 15.0. The van der Waals surface area contributed by atoms with Gasteiger partial charge in [0.2, 0.25) is 0 Å². The molecule has 2 aromatic carbocycles. The lowest BCUT2D eigenvalue weighted by Gasteiger charge is -2.28. The lowest BCUT2D eigenvalue weighted by molar-refractivity contribution is 0.578. The maximum Gasteiger partial charge on any atom is 0.146 e. The molecule has 0 saturated carbocycles. The van der Waals surface area contributed by atoms with Crippen LogP contribution in [0.4, 0.5) is 33.1 Å². The molecule has 5 nitrogen and oxygen atoms in total. The highest BCUT2D eigenvalue weighted by atomic mass is 19.1. The quantitative estimate of drug-likeness (QED) is 0.661. The van der Waals surface area contributed by atoms with Crippen LogP contribution in [0.2, 0.25) is 0 Å². The Morgan fingerprint density at radius 1 is 0.815 bits per heavy atom. The maximum atomic E-state index is 13.8. The van der Waals surface area contributed by atoms with E-state index in [4.69, 9.17) is 0 Å². The van der Waals surface area contributed by atoms with Gasteiger partial charge in [0.15, 0.2) is 0 Å². The number of piperidine rings is 1. The summed E-state index contributed by atoms with van der Waals surface area (Å²) in [5, 5.41) is 6.25. The van der Waals surface area contributed by atoms with Crippen LogP contribution >= 0.6 is 0 Å². The fraction of sp³-hybridized carbons (Fsp3) is 0.238. The van der Waals surface area contributed by atoms with Crippen LogP contribution in [0.25, 0.3) is 0 Å². The van der Waals surface area contributed by atoms with Crippen molar-refractivity contribution in [2.24, 2.45) is 0 Å². The molecule has 2 heterocycles. The summed E-state index contributed by atoms with van der Waals surface area (Å²) in [6.07, 6.45) is 5.30. The van der Waals surface area contributed by atoms with Gasteiger partial charge in [0, 0.05) is 30.5 Å². The van der Waals surface area contributed by atoms with Gasteiger partial charge in [-0.25, -0.2) is 14.4 Å². The predicted molar refractivity (Wildman–Crippen MR) is 108 cm³/mol. The summed E-state index contributed by atoms with van der Waals surface area (Å²) < 4.78 is 13.8. The molecule has 3 aromatic rings. The van der Waals surface area contributed by atoms with Gasteiger partial charge in [0.25, 0.3) is 0 Å². The van der Waals surface area contributed by atoms with E-state index in [-0.39, 0.29) is 5.82 Å². The number of para-hydroxylation sites is 1. The highest BCUT2D eigenvalue weighted by Gasteiger charge is 2.10. The number of benzene rings is 2. The summed E-state index contributed by atoms with van der Waals surface area (Å²) in [6.45, 7) is 2.26. The van der Waals surface area contributed by atoms with Gasteiger partial charge in [0.1, 0.15) is 23.8 Å². The number of hydrogen-bond donors (Lipinski definition) is 2. The minimum absolute atomic E-state index is 0.320. The van der Waals surface area contributed by atoms with Crippen LogP contribution < -0.4 is 15.5 Å². The molecule has 2 N–H and O–H groups in total. The van der Waals surface area contributed by atoms with Crippen molar-refractivity contribution in [3.63, 3.8) is 0 Å². The molecule has 0 atom stereocenters. The number of rotatable bonds is 5. The summed E-state index contributed by atoms with van der Waals surface area (Å²) in [4.78, 5) is 10.8. The molecule has 1 fully saturated rings. The minimum Gasteiger partial charge on any atom is -0.372 e. The van der Waals surface area contributed by atoms with Crippen molar-refractivity contribution in [3.8, 4) is 0 Å². The molecule has 1 saturated heterocycles. The molecule has 0 radical (unpaired) electrons. The molecule has 0 bridgehead atoms. The average Bonchev–Trinajstić information content (AvgIpc) is 2.71. The third-order valence-electron chi connectivity index (χ3n) is 4.66. The maximum absolute atomic E-state index is 13.8. The first-order chi connectivity index (χ1) is 13.3. The zero-order valence-corrected chi connectivity index (χ0v) is 15.0. The van der Waals surface area contributed by atoms with Crippen molar-refractivity contribution >= 4 is 28.7 Å². The molecular weight excluding hydrogens is 341 g/mol. The molecule has 1 aromatic heterocycles. The van der Waals surface area contributed by atoms with Gasteiger partial charge < -0.3 is 15.5 Å². The summed E-state index contributed by atoms with van der Waals surface area (Å²) in [5.41, 5.74) is 2.59. The summed E-state index contributed by atoms with van der Waals surface area (Å²) >= 11 is 0. The second-order valence-electron chi connectivity index (χ2n) is 6.61. The Hall–Kier alpha value is -3.15. The highest BCUT2D eigenvalue weighted by Crippen LogP contribution is 2.24. The van der Waals surface area contributed by atoms with E-state index in [9.17, 15) is 4.39 Å². The number of hydrogen-bond acceptors (Lipinski definition) is 5. The molecule has 6 heteroatoms. The van der Waals surface area contributed by atoms with Crippen molar-refractivity contribution in [1.29, 1.82) is 0 Å². The monoisotopic (exact) mass is 363 g/mol. The van der Waals surface area contributed by atoms with Crippen molar-refractivity contribution < 1.29 is 4.39 Å². The first-order valence-corrected chi connectivity index (χ1v) is 9.23. The second kappa shape index (κ2) is 8.03. The normalized spacial score (nSPS) is 14.0. The van der Waals surface area contributed by atoms with E-state index in [0.717, 1.165) is 18.8 Å². The van der Waals surface area contributed by atoms with E-state index in [2.05, 4.69) is 49.8 Å². The Labute approximate surface area is 158 Å². The number of nitrogens with one attached hydrogen (secondary N) is 2. The molecule has 0 unspecified atom stereocenters. The third-order valence-corrected chi connectivity index (χ3v) is 4.66. The van der Waals surface area contributed by atoms with Crippen molar-refractivity contribution in [3.05, 3.63) is 66.7 Å². The molecule has 138 valence electrons. The van der Waals surface area contributed by atoms with Crippen LogP contribution in [-0.2, 0) is 0 Å². The lowest BCUT2D eigenvalue weighted by atomic mass is 10.1. The fourth-order valence-electron chi connectivity index (χ4n) is 3.25. The van der Waals surface area contributed by atoms with Gasteiger partial charge in [0.05, 0.1) is 5.69 Å². The molecule has 27 heavy (non-hydrogen) atoms. The Morgan fingerprint density at radius 3 is 2.26 bits per heavy atom. The zero-order chi connectivity index (χ0) is 18.5. The molecule has 1 aliphatic rings. The van der Waals surface area contributed by atoms with Gasteiger partial charge in [-0.1, -0.05) is 12.1 Å². The van der Waals surface area contributed by atoms with E-state index >= 15 is 0 Å². The fourth-order valence-corrected chi connectivity index (χ4v) is 3.25. The second-order valence-corrected chi connectivity index (χ2v) is 6.61. The summed E-state index contributed by atoms with van der Waals surface area (Å²) in [7, 11) is 0. The SMILES string of the molecule is Fc1ccccc1Nc1cc(Nc2ccc(N3CCCCC3)cc2)ncn1. The molecule has 1 aliphatic heterocycles. The van der Waals surface area contributed by atoms with Crippen LogP contribution in [0.15, 0.2) is 60.9 Å². The van der Waals surface area contributed by atoms with Gasteiger partial charge in [-0.05, 0) is 55.7 Å². The third kappa shape index (κ3) is 4.34. The average molecular weight is 363 g/mol. The lowest BCUT2D eigenvalue weighted by Crippen LogP contribution is -2.29. The highest BCUT2D eigenvalue weighted by molar-refractivity contribution is 5.64. The standard InChI is InChI=1S/C21H22FN5/c22-18-6-2-3-7-19(18)26-21-14-20(23-15-24-21)25-16-8-10-17(11-9-16)27-12-4-1-5-13-27/h2-3,6-11,14-15H,1,4-5,12-13H2,(H2,23,24,25,26). The number of halogens is 1. The van der Waals surface area contributed by atoms with E-state index in [0.29, 0.717) is 17.3 Å². The van der Waals surface area contributed by atoms with Gasteiger partial charge in [-0.3, -0.25) is 0 Å². The van der Waals surface area contributed by atoms with Crippen molar-refractivity contribution in [2.75, 3.05) is 28.6 Å². The van der Waals surface area contributed by atoms with Crippen LogP contribution in [0.5, 0.6) is 0 Å². The smallest absolute Gasteiger partial charge is 0.146 e. The Kier molecular flexibility index (Phi) is 5.14. The van der Waals surface area contributed by atoms with Crippen LogP contribution in [0.1, 0.15) is 19.3 Å². The largest absolute Gasteiger partial charge is 0.372 e. The first kappa shape index (κ1) is 17.3. The molecule has 4 rings (SSSR count). The molecule has 0 aliphatic carbocycles. The van der Waals surface area contributed by atoms with Gasteiger partial charge in [-0.15, -0.1) is 0 Å². The van der Waals surface area contributed by atoms with Crippen LogP contribution in [-0.4, -0.2) is 23.1 Å². The molecule has 0 spiro atoms. The van der Waals surface area contributed by atoms with Crippen molar-refractivity contribution in [2.45, 2.75) is 19.3 Å². The first-order valence-electron chi connectivity index (χ1n) is 9.23. The van der Waals surface area contributed by atoms with E-state index in [1.165, 1.54) is 37.3 Å². The van der Waals surface area contributed by atoms with Gasteiger partial charge >= 0.3 is 0 Å². The van der Waals surface area contributed by atoms with E-state index in [1.807, 2.05) is 0 Å². The number of nitrogens with zero attached hydrogens (tertiary/aromatic N) is 3. The minimum atomic E-state index is -0.320. The number of aromatic nitrogens is 2. The predicted octanol–water partition coefficient (Wildman–Crippen LogP) is 5.09. The summed E-state index contributed by atoms with van der Waals surface area (Å²) in [6, 6.07) is 16.6. The Bertz CT molecular complexity index is 891. The topological polar surface area (TPSA) is 53.1 Å². The van der Waals surface area contributed by atoms with Crippen molar-refractivity contribution in [1.82, 2.24) is 9.97 Å². The van der Waals surface area contributed by atoms with E-state index in [1.54, 1.807) is 24.3 Å². The Morgan fingerprint density at radius 2 is 1.52 bits per heavy atom. The van der Waals surface area contributed by atoms with E-state index < -0.39 is 0 Å². The number of anilines is 5. The van der Waals surface area contributed by atoms with Crippen LogP contribution in [0.3, 0.4) is 0 Å². The van der Waals surface area contributed by atoms with Gasteiger partial charge in [-0.2, -0.15) is 0 Å². The Balaban J connectivity index is 1.44. The molecular formula is C21H22FN5. The molecule has 0 amide bonds.